The molecule has 0 bridgehead atoms. The van der Waals surface area contributed by atoms with Crippen LogP contribution >= 0.6 is 0 Å². The predicted octanol–water partition coefficient (Wildman–Crippen LogP) is 1.86. The number of methoxy groups -OCH3 is 1. The molecule has 8 nitrogen and oxygen atoms in total. The molecule has 2 heterocycles. The second-order valence-electron chi connectivity index (χ2n) is 5.80. The van der Waals surface area contributed by atoms with Crippen molar-refractivity contribution in [2.24, 2.45) is 7.05 Å². The van der Waals surface area contributed by atoms with Crippen molar-refractivity contribution in [3.05, 3.63) is 29.3 Å². The third-order valence-electron chi connectivity index (χ3n) is 3.93. The SMILES string of the molecule is COC(=O)c1c(NC(=O)Cn2nc(C(F)F)cc2C2CC2)cnn1C. The zero-order valence-electron chi connectivity index (χ0n) is 13.7. The van der Waals surface area contributed by atoms with Crippen LogP contribution in [0, 0.1) is 0 Å². The number of esters is 1. The molecule has 1 aliphatic rings. The molecule has 0 atom stereocenters. The first-order valence-corrected chi connectivity index (χ1v) is 7.66. The fourth-order valence-corrected chi connectivity index (χ4v) is 2.59. The molecule has 0 spiro atoms. The third-order valence-corrected chi connectivity index (χ3v) is 3.93. The molecule has 1 fully saturated rings. The number of rotatable bonds is 6. The summed E-state index contributed by atoms with van der Waals surface area (Å²) in [6, 6.07) is 1.35. The number of halogens is 2. The number of nitrogens with one attached hydrogen (secondary N) is 1. The molecule has 2 aromatic heterocycles. The second kappa shape index (κ2) is 6.61. The summed E-state index contributed by atoms with van der Waals surface area (Å²) >= 11 is 0. The lowest BCUT2D eigenvalue weighted by atomic mass is 10.2. The van der Waals surface area contributed by atoms with E-state index >= 15 is 0 Å². The van der Waals surface area contributed by atoms with E-state index in [4.69, 9.17) is 0 Å². The number of carbonyl (C=O) groups excluding carboxylic acids is 2. The Kier molecular flexibility index (Phi) is 4.51. The van der Waals surface area contributed by atoms with E-state index in [9.17, 15) is 18.4 Å². The van der Waals surface area contributed by atoms with Gasteiger partial charge in [-0.2, -0.15) is 10.2 Å². The quantitative estimate of drug-likeness (QED) is 0.801. The number of aryl methyl sites for hydroxylation is 1. The Morgan fingerprint density at radius 1 is 1.44 bits per heavy atom. The standard InChI is InChI=1S/C15H17F2N5O3/c1-21-13(15(24)25-2)10(6-18-21)19-12(23)7-22-11(8-3-4-8)5-9(20-22)14(16)17/h5-6,8,14H,3-4,7H2,1-2H3,(H,19,23). The zero-order valence-corrected chi connectivity index (χ0v) is 13.7. The van der Waals surface area contributed by atoms with Gasteiger partial charge in [-0.1, -0.05) is 0 Å². The van der Waals surface area contributed by atoms with E-state index in [1.54, 1.807) is 0 Å². The van der Waals surface area contributed by atoms with Crippen LogP contribution in [0.4, 0.5) is 14.5 Å². The highest BCUT2D eigenvalue weighted by Crippen LogP contribution is 2.41. The highest BCUT2D eigenvalue weighted by molar-refractivity contribution is 5.99. The van der Waals surface area contributed by atoms with Crippen LogP contribution in [0.1, 0.15) is 47.1 Å². The first-order chi connectivity index (χ1) is 11.9. The van der Waals surface area contributed by atoms with E-state index in [-0.39, 0.29) is 29.5 Å². The number of hydrogen-bond acceptors (Lipinski definition) is 5. The van der Waals surface area contributed by atoms with Gasteiger partial charge in [0.1, 0.15) is 12.2 Å². The molecular weight excluding hydrogens is 336 g/mol. The smallest absolute Gasteiger partial charge is 0.358 e. The van der Waals surface area contributed by atoms with Gasteiger partial charge in [-0.15, -0.1) is 0 Å². The Morgan fingerprint density at radius 3 is 2.76 bits per heavy atom. The summed E-state index contributed by atoms with van der Waals surface area (Å²) in [6.45, 7) is -0.228. The topological polar surface area (TPSA) is 91.0 Å². The van der Waals surface area contributed by atoms with Gasteiger partial charge in [-0.3, -0.25) is 14.2 Å². The summed E-state index contributed by atoms with van der Waals surface area (Å²) in [5.41, 5.74) is 0.566. The van der Waals surface area contributed by atoms with Crippen molar-refractivity contribution < 1.29 is 23.1 Å². The minimum Gasteiger partial charge on any atom is -0.464 e. The van der Waals surface area contributed by atoms with E-state index in [2.05, 4.69) is 20.3 Å². The van der Waals surface area contributed by atoms with Gasteiger partial charge in [0, 0.05) is 18.7 Å². The molecule has 3 rings (SSSR count). The first kappa shape index (κ1) is 17.1. The van der Waals surface area contributed by atoms with Crippen molar-refractivity contribution in [1.82, 2.24) is 19.6 Å². The molecule has 2 aromatic rings. The maximum atomic E-state index is 12.9. The zero-order chi connectivity index (χ0) is 18.1. The number of anilines is 1. The van der Waals surface area contributed by atoms with Crippen molar-refractivity contribution in [3.8, 4) is 0 Å². The lowest BCUT2D eigenvalue weighted by Crippen LogP contribution is -2.22. The van der Waals surface area contributed by atoms with Crippen LogP contribution < -0.4 is 5.32 Å². The van der Waals surface area contributed by atoms with E-state index < -0.39 is 18.3 Å². The Bertz CT molecular complexity index is 810. The van der Waals surface area contributed by atoms with E-state index in [0.717, 1.165) is 12.8 Å². The lowest BCUT2D eigenvalue weighted by molar-refractivity contribution is -0.117. The fourth-order valence-electron chi connectivity index (χ4n) is 2.59. The van der Waals surface area contributed by atoms with Crippen molar-refractivity contribution in [3.63, 3.8) is 0 Å². The van der Waals surface area contributed by atoms with Crippen LogP contribution in [0.5, 0.6) is 0 Å². The number of hydrogen-bond donors (Lipinski definition) is 1. The molecule has 134 valence electrons. The molecule has 0 aromatic carbocycles. The molecule has 1 N–H and O–H groups in total. The summed E-state index contributed by atoms with van der Waals surface area (Å²) in [5, 5.41) is 10.3. The number of ether oxygens (including phenoxy) is 1. The predicted molar refractivity (Wildman–Crippen MR) is 82.3 cm³/mol. The Hall–Kier alpha value is -2.78. The number of aromatic nitrogens is 4. The summed E-state index contributed by atoms with van der Waals surface area (Å²) in [7, 11) is 2.76. The Balaban J connectivity index is 1.77. The van der Waals surface area contributed by atoms with Gasteiger partial charge in [0.15, 0.2) is 5.69 Å². The monoisotopic (exact) mass is 353 g/mol. The van der Waals surface area contributed by atoms with Crippen LogP contribution in [0.25, 0.3) is 0 Å². The molecule has 0 aliphatic heterocycles. The summed E-state index contributed by atoms with van der Waals surface area (Å²) in [4.78, 5) is 24.0. The maximum absolute atomic E-state index is 12.9. The normalized spacial score (nSPS) is 14.0. The average molecular weight is 353 g/mol. The minimum absolute atomic E-state index is 0.0898. The van der Waals surface area contributed by atoms with Crippen molar-refractivity contribution in [1.29, 1.82) is 0 Å². The minimum atomic E-state index is -2.69. The summed E-state index contributed by atoms with van der Waals surface area (Å²) in [5.74, 6) is -0.978. The van der Waals surface area contributed by atoms with Crippen molar-refractivity contribution in [2.45, 2.75) is 31.7 Å². The van der Waals surface area contributed by atoms with Crippen LogP contribution in [-0.4, -0.2) is 38.5 Å². The van der Waals surface area contributed by atoms with Gasteiger partial charge >= 0.3 is 5.97 Å². The molecule has 25 heavy (non-hydrogen) atoms. The van der Waals surface area contributed by atoms with Gasteiger partial charge in [-0.05, 0) is 18.9 Å². The van der Waals surface area contributed by atoms with Gasteiger partial charge in [0.25, 0.3) is 6.43 Å². The van der Waals surface area contributed by atoms with Crippen LogP contribution in [-0.2, 0) is 23.1 Å². The molecule has 1 saturated carbocycles. The van der Waals surface area contributed by atoms with Gasteiger partial charge in [0.2, 0.25) is 5.91 Å². The first-order valence-electron chi connectivity index (χ1n) is 7.66. The number of amides is 1. The van der Waals surface area contributed by atoms with Gasteiger partial charge in [-0.25, -0.2) is 13.6 Å². The average Bonchev–Trinajstić information content (AvgIpc) is 3.23. The highest BCUT2D eigenvalue weighted by atomic mass is 19.3. The largest absolute Gasteiger partial charge is 0.464 e. The summed E-state index contributed by atoms with van der Waals surface area (Å²) in [6.07, 6.45) is 0.418. The number of nitrogens with zero attached hydrogens (tertiary/aromatic N) is 4. The van der Waals surface area contributed by atoms with Crippen molar-refractivity contribution >= 4 is 17.6 Å². The van der Waals surface area contributed by atoms with Gasteiger partial charge in [0.05, 0.1) is 19.0 Å². The molecular formula is C15H17F2N5O3. The molecule has 1 amide bonds. The van der Waals surface area contributed by atoms with Crippen LogP contribution in [0.2, 0.25) is 0 Å². The second-order valence-corrected chi connectivity index (χ2v) is 5.80. The molecule has 10 heteroatoms. The van der Waals surface area contributed by atoms with E-state index in [0.29, 0.717) is 5.69 Å². The Labute approximate surface area is 141 Å². The third kappa shape index (κ3) is 3.52. The summed E-state index contributed by atoms with van der Waals surface area (Å²) < 4.78 is 33.0. The van der Waals surface area contributed by atoms with Crippen LogP contribution in [0.15, 0.2) is 12.3 Å². The Morgan fingerprint density at radius 2 is 2.16 bits per heavy atom. The van der Waals surface area contributed by atoms with Gasteiger partial charge < -0.3 is 10.1 Å². The molecule has 0 unspecified atom stereocenters. The molecule has 0 saturated heterocycles. The lowest BCUT2D eigenvalue weighted by Gasteiger charge is -2.08. The van der Waals surface area contributed by atoms with Crippen LogP contribution in [0.3, 0.4) is 0 Å². The molecule has 0 radical (unpaired) electrons. The van der Waals surface area contributed by atoms with E-state index in [1.165, 1.54) is 35.8 Å². The van der Waals surface area contributed by atoms with Crippen molar-refractivity contribution in [2.75, 3.05) is 12.4 Å². The number of alkyl halides is 2. The molecule has 1 aliphatic carbocycles. The maximum Gasteiger partial charge on any atom is 0.358 e. The number of carbonyl (C=O) groups is 2. The van der Waals surface area contributed by atoms with E-state index in [1.807, 2.05) is 0 Å². The fraction of sp³-hybridized carbons (Fsp3) is 0.467. The highest BCUT2D eigenvalue weighted by Gasteiger charge is 2.30.